The van der Waals surface area contributed by atoms with Crippen LogP contribution in [0, 0.1) is 25.7 Å². The third-order valence-corrected chi connectivity index (χ3v) is 4.13. The lowest BCUT2D eigenvalue weighted by atomic mass is 9.82. The van der Waals surface area contributed by atoms with Gasteiger partial charge in [0.25, 0.3) is 0 Å². The second kappa shape index (κ2) is 5.00. The number of fused-ring (bicyclic) bond motifs is 2. The van der Waals surface area contributed by atoms with E-state index in [-0.39, 0.29) is 5.91 Å². The summed E-state index contributed by atoms with van der Waals surface area (Å²) >= 11 is 0. The molecular formula is C16H16NO4-. The van der Waals surface area contributed by atoms with Gasteiger partial charge in [-0.1, -0.05) is 24.3 Å². The van der Waals surface area contributed by atoms with Crippen LogP contribution in [0.15, 0.2) is 30.4 Å². The SMILES string of the molecule is Cc1ccc(C)c(NC(=O)[C@H]2[C@@H](C(=O)[O-])[C@@H]3C=C[C@H]2O3)c1. The highest BCUT2D eigenvalue weighted by atomic mass is 16.5. The van der Waals surface area contributed by atoms with Crippen LogP contribution in [-0.2, 0) is 14.3 Å². The summed E-state index contributed by atoms with van der Waals surface area (Å²) in [6.45, 7) is 3.82. The number of amides is 1. The van der Waals surface area contributed by atoms with Crippen LogP contribution in [-0.4, -0.2) is 24.1 Å². The van der Waals surface area contributed by atoms with Crippen molar-refractivity contribution in [3.05, 3.63) is 41.5 Å². The van der Waals surface area contributed by atoms with E-state index in [9.17, 15) is 14.7 Å². The highest BCUT2D eigenvalue weighted by Gasteiger charge is 2.50. The predicted octanol–water partition coefficient (Wildman–Crippen LogP) is 0.561. The summed E-state index contributed by atoms with van der Waals surface area (Å²) in [5.74, 6) is -3.25. The molecule has 3 rings (SSSR count). The van der Waals surface area contributed by atoms with E-state index in [0.29, 0.717) is 5.69 Å². The lowest BCUT2D eigenvalue weighted by Crippen LogP contribution is -2.45. The van der Waals surface area contributed by atoms with Gasteiger partial charge in [-0.15, -0.1) is 0 Å². The molecule has 2 aliphatic rings. The normalized spacial score (nSPS) is 29.6. The van der Waals surface area contributed by atoms with E-state index in [0.717, 1.165) is 11.1 Å². The Labute approximate surface area is 122 Å². The first-order valence-corrected chi connectivity index (χ1v) is 6.90. The number of hydrogen-bond donors (Lipinski definition) is 1. The number of carboxylic acids is 1. The van der Waals surface area contributed by atoms with Crippen LogP contribution in [0.3, 0.4) is 0 Å². The van der Waals surface area contributed by atoms with Gasteiger partial charge in [0.2, 0.25) is 5.91 Å². The number of carbonyl (C=O) groups is 2. The van der Waals surface area contributed by atoms with Crippen molar-refractivity contribution in [2.45, 2.75) is 26.1 Å². The average Bonchev–Trinajstić information content (AvgIpc) is 3.03. The highest BCUT2D eigenvalue weighted by Crippen LogP contribution is 2.39. The number of aliphatic carboxylic acids is 1. The third kappa shape index (κ3) is 2.34. The lowest BCUT2D eigenvalue weighted by molar-refractivity contribution is -0.313. The van der Waals surface area contributed by atoms with E-state index in [4.69, 9.17) is 4.74 Å². The Morgan fingerprint density at radius 2 is 1.81 bits per heavy atom. The van der Waals surface area contributed by atoms with Crippen LogP contribution < -0.4 is 10.4 Å². The van der Waals surface area contributed by atoms with Gasteiger partial charge in [0, 0.05) is 17.6 Å². The molecule has 2 heterocycles. The molecule has 4 atom stereocenters. The van der Waals surface area contributed by atoms with Gasteiger partial charge in [-0.2, -0.15) is 0 Å². The summed E-state index contributed by atoms with van der Waals surface area (Å²) in [5, 5.41) is 14.1. The number of ether oxygens (including phenoxy) is 1. The molecule has 21 heavy (non-hydrogen) atoms. The lowest BCUT2D eigenvalue weighted by Gasteiger charge is -2.25. The Balaban J connectivity index is 1.83. The first-order valence-electron chi connectivity index (χ1n) is 6.90. The molecule has 5 nitrogen and oxygen atoms in total. The molecule has 1 fully saturated rings. The second-order valence-corrected chi connectivity index (χ2v) is 5.63. The van der Waals surface area contributed by atoms with Gasteiger partial charge >= 0.3 is 0 Å². The molecule has 0 saturated carbocycles. The zero-order chi connectivity index (χ0) is 15.1. The number of nitrogens with one attached hydrogen (secondary N) is 1. The Morgan fingerprint density at radius 3 is 2.48 bits per heavy atom. The molecule has 0 spiro atoms. The molecule has 1 aromatic carbocycles. The van der Waals surface area contributed by atoms with Gasteiger partial charge in [0.05, 0.1) is 18.1 Å². The zero-order valence-corrected chi connectivity index (χ0v) is 11.8. The summed E-state index contributed by atoms with van der Waals surface area (Å²) in [7, 11) is 0. The minimum atomic E-state index is -1.24. The summed E-state index contributed by atoms with van der Waals surface area (Å²) in [4.78, 5) is 23.7. The Kier molecular flexibility index (Phi) is 3.29. The number of hydrogen-bond acceptors (Lipinski definition) is 4. The fraction of sp³-hybridized carbons (Fsp3) is 0.375. The van der Waals surface area contributed by atoms with E-state index in [1.165, 1.54) is 0 Å². The zero-order valence-electron chi connectivity index (χ0n) is 11.8. The molecule has 1 saturated heterocycles. The molecular weight excluding hydrogens is 270 g/mol. The fourth-order valence-electron chi connectivity index (χ4n) is 2.99. The number of anilines is 1. The van der Waals surface area contributed by atoms with Crippen molar-refractivity contribution >= 4 is 17.6 Å². The number of aryl methyl sites for hydroxylation is 2. The fourth-order valence-corrected chi connectivity index (χ4v) is 2.99. The molecule has 1 amide bonds. The third-order valence-electron chi connectivity index (χ3n) is 4.13. The number of rotatable bonds is 3. The quantitative estimate of drug-likeness (QED) is 0.824. The number of carbonyl (C=O) groups excluding carboxylic acids is 2. The molecule has 2 aliphatic heterocycles. The van der Waals surface area contributed by atoms with Crippen LogP contribution in [0.1, 0.15) is 11.1 Å². The average molecular weight is 286 g/mol. The molecule has 5 heteroatoms. The van der Waals surface area contributed by atoms with Crippen molar-refractivity contribution in [3.8, 4) is 0 Å². The standard InChI is InChI=1S/C16H17NO4/c1-8-3-4-9(2)10(7-8)17-15(18)13-11-5-6-12(21-11)14(13)16(19)20/h3-7,11-14H,1-2H3,(H,17,18)(H,19,20)/p-1/t11-,12+,13-,14+/m1/s1. The topological polar surface area (TPSA) is 78.5 Å². The van der Waals surface area contributed by atoms with Crippen molar-refractivity contribution < 1.29 is 19.4 Å². The molecule has 0 aliphatic carbocycles. The van der Waals surface area contributed by atoms with Crippen molar-refractivity contribution in [2.24, 2.45) is 11.8 Å². The molecule has 0 radical (unpaired) electrons. The minimum absolute atomic E-state index is 0.338. The summed E-state index contributed by atoms with van der Waals surface area (Å²) in [5.41, 5.74) is 2.65. The van der Waals surface area contributed by atoms with Crippen molar-refractivity contribution in [1.82, 2.24) is 0 Å². The highest BCUT2D eigenvalue weighted by molar-refractivity contribution is 5.97. The van der Waals surface area contributed by atoms with E-state index in [1.54, 1.807) is 12.2 Å². The van der Waals surface area contributed by atoms with Crippen LogP contribution in [0.25, 0.3) is 0 Å². The van der Waals surface area contributed by atoms with Gasteiger partial charge < -0.3 is 20.0 Å². The van der Waals surface area contributed by atoms with Gasteiger partial charge in [-0.05, 0) is 31.0 Å². The van der Waals surface area contributed by atoms with E-state index in [2.05, 4.69) is 5.32 Å². The maximum absolute atomic E-state index is 12.5. The van der Waals surface area contributed by atoms with Gasteiger partial charge in [0.1, 0.15) is 0 Å². The Hall–Kier alpha value is -2.14. The van der Waals surface area contributed by atoms with Crippen molar-refractivity contribution in [2.75, 3.05) is 5.32 Å². The first kappa shape index (κ1) is 13.8. The summed E-state index contributed by atoms with van der Waals surface area (Å²) < 4.78 is 5.48. The largest absolute Gasteiger partial charge is 0.550 e. The van der Waals surface area contributed by atoms with E-state index >= 15 is 0 Å². The monoisotopic (exact) mass is 286 g/mol. The van der Waals surface area contributed by atoms with E-state index in [1.807, 2.05) is 32.0 Å². The van der Waals surface area contributed by atoms with Gasteiger partial charge in [-0.25, -0.2) is 0 Å². The molecule has 2 bridgehead atoms. The van der Waals surface area contributed by atoms with Gasteiger partial charge in [-0.3, -0.25) is 4.79 Å². The van der Waals surface area contributed by atoms with Crippen LogP contribution >= 0.6 is 0 Å². The van der Waals surface area contributed by atoms with Crippen molar-refractivity contribution in [3.63, 3.8) is 0 Å². The number of benzene rings is 1. The van der Waals surface area contributed by atoms with Crippen molar-refractivity contribution in [1.29, 1.82) is 0 Å². The van der Waals surface area contributed by atoms with Crippen LogP contribution in [0.4, 0.5) is 5.69 Å². The molecule has 0 aromatic heterocycles. The van der Waals surface area contributed by atoms with E-state index < -0.39 is 30.0 Å². The summed E-state index contributed by atoms with van der Waals surface area (Å²) in [6.07, 6.45) is 2.39. The van der Waals surface area contributed by atoms with Crippen LogP contribution in [0.5, 0.6) is 0 Å². The molecule has 0 unspecified atom stereocenters. The maximum atomic E-state index is 12.5. The van der Waals surface area contributed by atoms with Gasteiger partial charge in [0.15, 0.2) is 0 Å². The number of carboxylic acid groups (broad SMARTS) is 1. The smallest absolute Gasteiger partial charge is 0.231 e. The predicted molar refractivity (Wildman–Crippen MR) is 74.3 cm³/mol. The Bertz CT molecular complexity index is 637. The first-order chi connectivity index (χ1) is 9.97. The molecule has 1 N–H and O–H groups in total. The second-order valence-electron chi connectivity index (χ2n) is 5.63. The minimum Gasteiger partial charge on any atom is -0.550 e. The maximum Gasteiger partial charge on any atom is 0.231 e. The molecule has 110 valence electrons. The summed E-state index contributed by atoms with van der Waals surface area (Å²) in [6, 6.07) is 5.74. The Morgan fingerprint density at radius 1 is 1.14 bits per heavy atom. The van der Waals surface area contributed by atoms with Crippen LogP contribution in [0.2, 0.25) is 0 Å². The molecule has 1 aromatic rings.